The summed E-state index contributed by atoms with van der Waals surface area (Å²) in [4.78, 5) is 10.9. The SMILES string of the molecule is COc1cc(N)c(C(=O)O)cc1OCCCC(F)(F)F. The number of halogens is 3. The van der Waals surface area contributed by atoms with Crippen LogP contribution in [0, 0.1) is 0 Å². The first-order chi connectivity index (χ1) is 9.24. The molecular formula is C12H14F3NO4. The molecule has 3 N–H and O–H groups in total. The zero-order valence-electron chi connectivity index (χ0n) is 10.7. The molecule has 20 heavy (non-hydrogen) atoms. The van der Waals surface area contributed by atoms with Crippen molar-refractivity contribution in [1.82, 2.24) is 0 Å². The monoisotopic (exact) mass is 293 g/mol. The number of methoxy groups -OCH3 is 1. The predicted molar refractivity (Wildman–Crippen MR) is 65.1 cm³/mol. The highest BCUT2D eigenvalue weighted by atomic mass is 19.4. The number of carboxylic acid groups (broad SMARTS) is 1. The summed E-state index contributed by atoms with van der Waals surface area (Å²) < 4.78 is 46.0. The number of carboxylic acids is 1. The minimum absolute atomic E-state index is 0.0167. The highest BCUT2D eigenvalue weighted by Gasteiger charge is 2.26. The second-order valence-electron chi connectivity index (χ2n) is 3.96. The van der Waals surface area contributed by atoms with E-state index in [0.717, 1.165) is 6.07 Å². The zero-order valence-corrected chi connectivity index (χ0v) is 10.7. The van der Waals surface area contributed by atoms with Crippen molar-refractivity contribution in [2.24, 2.45) is 0 Å². The van der Waals surface area contributed by atoms with Crippen LogP contribution in [0.15, 0.2) is 12.1 Å². The lowest BCUT2D eigenvalue weighted by molar-refractivity contribution is -0.136. The van der Waals surface area contributed by atoms with Gasteiger partial charge in [0.05, 0.1) is 25.0 Å². The van der Waals surface area contributed by atoms with Gasteiger partial charge in [-0.05, 0) is 6.42 Å². The summed E-state index contributed by atoms with van der Waals surface area (Å²) in [5.41, 5.74) is 5.30. The maximum atomic E-state index is 12.0. The van der Waals surface area contributed by atoms with Gasteiger partial charge in [-0.15, -0.1) is 0 Å². The molecule has 0 spiro atoms. The molecule has 1 rings (SSSR count). The molecule has 0 aromatic heterocycles. The van der Waals surface area contributed by atoms with Gasteiger partial charge >= 0.3 is 12.1 Å². The van der Waals surface area contributed by atoms with Crippen molar-refractivity contribution in [3.05, 3.63) is 17.7 Å². The van der Waals surface area contributed by atoms with Gasteiger partial charge in [0.2, 0.25) is 0 Å². The second-order valence-corrected chi connectivity index (χ2v) is 3.96. The first-order valence-electron chi connectivity index (χ1n) is 5.65. The van der Waals surface area contributed by atoms with Gasteiger partial charge in [0, 0.05) is 18.6 Å². The van der Waals surface area contributed by atoms with E-state index < -0.39 is 18.6 Å². The number of anilines is 1. The molecular weight excluding hydrogens is 279 g/mol. The molecule has 0 unspecified atom stereocenters. The van der Waals surface area contributed by atoms with Crippen LogP contribution in [0.5, 0.6) is 11.5 Å². The zero-order chi connectivity index (χ0) is 15.3. The fourth-order valence-corrected chi connectivity index (χ4v) is 1.49. The first kappa shape index (κ1) is 15.9. The van der Waals surface area contributed by atoms with Crippen LogP contribution in [0.1, 0.15) is 23.2 Å². The smallest absolute Gasteiger partial charge is 0.389 e. The molecule has 0 amide bonds. The lowest BCUT2D eigenvalue weighted by Gasteiger charge is -2.13. The summed E-state index contributed by atoms with van der Waals surface area (Å²) in [7, 11) is 1.32. The number of hydrogen-bond donors (Lipinski definition) is 2. The summed E-state index contributed by atoms with van der Waals surface area (Å²) in [6, 6.07) is 2.38. The molecule has 0 aliphatic carbocycles. The van der Waals surface area contributed by atoms with Crippen LogP contribution in [0.2, 0.25) is 0 Å². The van der Waals surface area contributed by atoms with Crippen LogP contribution < -0.4 is 15.2 Å². The third-order valence-electron chi connectivity index (χ3n) is 2.43. The standard InChI is InChI=1S/C12H14F3NO4/c1-19-9-6-8(16)7(11(17)18)5-10(9)20-4-2-3-12(13,14)15/h5-6H,2-4,16H2,1H3,(H,17,18). The predicted octanol–water partition coefficient (Wildman–Crippen LogP) is 2.70. The number of nitrogens with two attached hydrogens (primary N) is 1. The van der Waals surface area contributed by atoms with Crippen molar-refractivity contribution in [3.63, 3.8) is 0 Å². The molecule has 1 aromatic carbocycles. The van der Waals surface area contributed by atoms with Crippen molar-refractivity contribution >= 4 is 11.7 Å². The Hall–Kier alpha value is -2.12. The number of ether oxygens (including phenoxy) is 2. The van der Waals surface area contributed by atoms with Gasteiger partial charge in [-0.1, -0.05) is 0 Å². The summed E-state index contributed by atoms with van der Waals surface area (Å²) >= 11 is 0. The molecule has 0 aliphatic rings. The Bertz CT molecular complexity index is 488. The topological polar surface area (TPSA) is 81.8 Å². The van der Waals surface area contributed by atoms with Crippen LogP contribution in [-0.4, -0.2) is 31.0 Å². The van der Waals surface area contributed by atoms with Crippen LogP contribution >= 0.6 is 0 Å². The lowest BCUT2D eigenvalue weighted by atomic mass is 10.1. The van der Waals surface area contributed by atoms with Gasteiger partial charge < -0.3 is 20.3 Å². The number of carbonyl (C=O) groups is 1. The van der Waals surface area contributed by atoms with E-state index >= 15 is 0 Å². The fraction of sp³-hybridized carbons (Fsp3) is 0.417. The van der Waals surface area contributed by atoms with E-state index in [1.54, 1.807) is 0 Å². The van der Waals surface area contributed by atoms with Crippen molar-refractivity contribution in [1.29, 1.82) is 0 Å². The molecule has 0 heterocycles. The van der Waals surface area contributed by atoms with Crippen LogP contribution in [0.25, 0.3) is 0 Å². The van der Waals surface area contributed by atoms with Gasteiger partial charge in [0.15, 0.2) is 11.5 Å². The average molecular weight is 293 g/mol. The Kier molecular flexibility index (Phi) is 5.06. The lowest BCUT2D eigenvalue weighted by Crippen LogP contribution is -2.10. The third-order valence-corrected chi connectivity index (χ3v) is 2.43. The van der Waals surface area contributed by atoms with Crippen LogP contribution in [0.4, 0.5) is 18.9 Å². The molecule has 8 heteroatoms. The molecule has 0 saturated carbocycles. The molecule has 112 valence electrons. The Morgan fingerprint density at radius 2 is 2.00 bits per heavy atom. The molecule has 1 aromatic rings. The summed E-state index contributed by atoms with van der Waals surface area (Å²) in [5, 5.41) is 8.91. The van der Waals surface area contributed by atoms with Gasteiger partial charge in [0.1, 0.15) is 0 Å². The summed E-state index contributed by atoms with van der Waals surface area (Å²) in [5.74, 6) is -1.05. The minimum Gasteiger partial charge on any atom is -0.493 e. The number of benzene rings is 1. The van der Waals surface area contributed by atoms with E-state index in [2.05, 4.69) is 0 Å². The molecule has 0 atom stereocenters. The largest absolute Gasteiger partial charge is 0.493 e. The number of hydrogen-bond acceptors (Lipinski definition) is 4. The number of alkyl halides is 3. The third kappa shape index (κ3) is 4.52. The van der Waals surface area contributed by atoms with E-state index in [1.165, 1.54) is 13.2 Å². The van der Waals surface area contributed by atoms with E-state index in [4.69, 9.17) is 20.3 Å². The maximum Gasteiger partial charge on any atom is 0.389 e. The number of rotatable bonds is 6. The summed E-state index contributed by atoms with van der Waals surface area (Å²) in [6.45, 7) is -0.209. The molecule has 0 radical (unpaired) electrons. The average Bonchev–Trinajstić information content (AvgIpc) is 2.33. The van der Waals surface area contributed by atoms with Crippen LogP contribution in [0.3, 0.4) is 0 Å². The quantitative estimate of drug-likeness (QED) is 0.622. The highest BCUT2D eigenvalue weighted by Crippen LogP contribution is 2.32. The van der Waals surface area contributed by atoms with Gasteiger partial charge in [-0.2, -0.15) is 13.2 Å². The normalized spacial score (nSPS) is 11.2. The molecule has 5 nitrogen and oxygen atoms in total. The maximum absolute atomic E-state index is 12.0. The van der Waals surface area contributed by atoms with Gasteiger partial charge in [-0.25, -0.2) is 4.79 Å². The van der Waals surface area contributed by atoms with Crippen molar-refractivity contribution in [3.8, 4) is 11.5 Å². The van der Waals surface area contributed by atoms with Crippen molar-refractivity contribution in [2.45, 2.75) is 19.0 Å². The van der Waals surface area contributed by atoms with E-state index in [9.17, 15) is 18.0 Å². The fourth-order valence-electron chi connectivity index (χ4n) is 1.49. The Labute approximate surface area is 113 Å². The molecule has 0 saturated heterocycles. The van der Waals surface area contributed by atoms with Crippen molar-refractivity contribution < 1.29 is 32.5 Å². The first-order valence-corrected chi connectivity index (χ1v) is 5.65. The number of nitrogen functional groups attached to an aromatic ring is 1. The van der Waals surface area contributed by atoms with E-state index in [-0.39, 0.29) is 35.8 Å². The van der Waals surface area contributed by atoms with Crippen molar-refractivity contribution in [2.75, 3.05) is 19.5 Å². The van der Waals surface area contributed by atoms with Gasteiger partial charge in [0.25, 0.3) is 0 Å². The summed E-state index contributed by atoms with van der Waals surface area (Å²) in [6.07, 6.45) is -5.46. The van der Waals surface area contributed by atoms with E-state index in [1.807, 2.05) is 0 Å². The second kappa shape index (κ2) is 6.36. The molecule has 0 fully saturated rings. The molecule has 0 bridgehead atoms. The molecule has 0 aliphatic heterocycles. The minimum atomic E-state index is -4.25. The highest BCUT2D eigenvalue weighted by molar-refractivity contribution is 5.94. The van der Waals surface area contributed by atoms with E-state index in [0.29, 0.717) is 0 Å². The van der Waals surface area contributed by atoms with Gasteiger partial charge in [-0.3, -0.25) is 0 Å². The Morgan fingerprint density at radius 3 is 2.50 bits per heavy atom. The van der Waals surface area contributed by atoms with Crippen LogP contribution in [-0.2, 0) is 0 Å². The Morgan fingerprint density at radius 1 is 1.35 bits per heavy atom. The Balaban J connectivity index is 2.78. The number of aromatic carboxylic acids is 1.